The van der Waals surface area contributed by atoms with Gasteiger partial charge in [0.2, 0.25) is 0 Å². The molecule has 1 aromatic carbocycles. The molecule has 0 saturated heterocycles. The smallest absolute Gasteiger partial charge is 0.333 e. The molecule has 1 aromatic rings. The fourth-order valence-corrected chi connectivity index (χ4v) is 1.72. The summed E-state index contributed by atoms with van der Waals surface area (Å²) < 4.78 is 4.87. The number of benzene rings is 1. The molecule has 0 saturated carbocycles. The van der Waals surface area contributed by atoms with E-state index in [1.54, 1.807) is 29.2 Å². The summed E-state index contributed by atoms with van der Waals surface area (Å²) in [5.41, 5.74) is 0.990. The topological polar surface area (TPSA) is 90.2 Å². The lowest BCUT2D eigenvalue weighted by molar-refractivity contribution is -0.141. The van der Waals surface area contributed by atoms with Crippen LogP contribution in [0.5, 0.6) is 0 Å². The molecule has 0 amide bonds. The monoisotopic (exact) mass is 295 g/mol. The summed E-state index contributed by atoms with van der Waals surface area (Å²) >= 11 is 0. The van der Waals surface area contributed by atoms with Crippen molar-refractivity contribution < 1.29 is 24.9 Å². The number of carbonyl (C=O) groups is 1. The Labute approximate surface area is 123 Å². The highest BCUT2D eigenvalue weighted by molar-refractivity contribution is 5.86. The lowest BCUT2D eigenvalue weighted by atomic mass is 10.2. The van der Waals surface area contributed by atoms with Crippen molar-refractivity contribution in [3.63, 3.8) is 0 Å². The standard InChI is InChI=1S/C15H21NO5/c1-11(2)15(20)21-10-13(17)8-16(9-14(18)19)12-6-4-3-5-7-12/h3-7,13-14,17-19H,1,8-10H2,2H3. The van der Waals surface area contributed by atoms with E-state index in [0.717, 1.165) is 5.69 Å². The predicted molar refractivity (Wildman–Crippen MR) is 78.7 cm³/mol. The van der Waals surface area contributed by atoms with Gasteiger partial charge in [-0.1, -0.05) is 24.8 Å². The number of ether oxygens (including phenoxy) is 1. The summed E-state index contributed by atoms with van der Waals surface area (Å²) in [5.74, 6) is -0.567. The molecular formula is C15H21NO5. The van der Waals surface area contributed by atoms with Crippen LogP contribution in [0.1, 0.15) is 6.92 Å². The molecule has 3 N–H and O–H groups in total. The van der Waals surface area contributed by atoms with Gasteiger partial charge in [0.05, 0.1) is 6.54 Å². The van der Waals surface area contributed by atoms with Crippen LogP contribution < -0.4 is 4.90 Å². The number of hydrogen-bond donors (Lipinski definition) is 3. The van der Waals surface area contributed by atoms with Crippen molar-refractivity contribution in [2.24, 2.45) is 0 Å². The maximum Gasteiger partial charge on any atom is 0.333 e. The summed E-state index contributed by atoms with van der Waals surface area (Å²) in [4.78, 5) is 12.9. The highest BCUT2D eigenvalue weighted by Crippen LogP contribution is 2.14. The average Bonchev–Trinajstić information content (AvgIpc) is 2.44. The third-order valence-electron chi connectivity index (χ3n) is 2.69. The van der Waals surface area contributed by atoms with Crippen LogP contribution in [0.15, 0.2) is 42.5 Å². The van der Waals surface area contributed by atoms with Crippen molar-refractivity contribution in [2.75, 3.05) is 24.6 Å². The maximum atomic E-state index is 11.3. The van der Waals surface area contributed by atoms with Gasteiger partial charge < -0.3 is 25.0 Å². The van der Waals surface area contributed by atoms with Gasteiger partial charge in [-0.25, -0.2) is 4.79 Å². The van der Waals surface area contributed by atoms with E-state index in [1.807, 2.05) is 6.07 Å². The molecule has 0 radical (unpaired) electrons. The molecule has 0 aliphatic heterocycles. The largest absolute Gasteiger partial charge is 0.460 e. The summed E-state index contributed by atoms with van der Waals surface area (Å²) in [6.45, 7) is 4.83. The van der Waals surface area contributed by atoms with Gasteiger partial charge in [0.25, 0.3) is 0 Å². The Hall–Kier alpha value is -1.89. The summed E-state index contributed by atoms with van der Waals surface area (Å²) in [7, 11) is 0. The van der Waals surface area contributed by atoms with Gasteiger partial charge in [0.15, 0.2) is 6.29 Å². The van der Waals surface area contributed by atoms with Crippen molar-refractivity contribution in [1.29, 1.82) is 0 Å². The fraction of sp³-hybridized carbons (Fsp3) is 0.400. The van der Waals surface area contributed by atoms with Gasteiger partial charge in [0, 0.05) is 17.8 Å². The molecule has 6 nitrogen and oxygen atoms in total. The molecule has 0 fully saturated rings. The van der Waals surface area contributed by atoms with Crippen LogP contribution in [0.3, 0.4) is 0 Å². The van der Waals surface area contributed by atoms with E-state index in [4.69, 9.17) is 14.9 Å². The highest BCUT2D eigenvalue weighted by Gasteiger charge is 2.16. The third-order valence-corrected chi connectivity index (χ3v) is 2.69. The fourth-order valence-electron chi connectivity index (χ4n) is 1.72. The molecule has 0 aromatic heterocycles. The van der Waals surface area contributed by atoms with Crippen LogP contribution >= 0.6 is 0 Å². The number of nitrogens with zero attached hydrogens (tertiary/aromatic N) is 1. The van der Waals surface area contributed by atoms with Crippen LogP contribution in [0.2, 0.25) is 0 Å². The van der Waals surface area contributed by atoms with Crippen molar-refractivity contribution in [1.82, 2.24) is 0 Å². The molecule has 6 heteroatoms. The van der Waals surface area contributed by atoms with Crippen molar-refractivity contribution in [3.05, 3.63) is 42.5 Å². The quantitative estimate of drug-likeness (QED) is 0.363. The maximum absolute atomic E-state index is 11.3. The summed E-state index contributed by atoms with van der Waals surface area (Å²) in [6, 6.07) is 9.02. The molecule has 1 unspecified atom stereocenters. The van der Waals surface area contributed by atoms with E-state index in [2.05, 4.69) is 6.58 Å². The molecule has 0 spiro atoms. The zero-order chi connectivity index (χ0) is 15.8. The van der Waals surface area contributed by atoms with Crippen LogP contribution in [0, 0.1) is 0 Å². The molecule has 1 rings (SSSR count). The summed E-state index contributed by atoms with van der Waals surface area (Å²) in [5, 5.41) is 28.2. The number of anilines is 1. The Morgan fingerprint density at radius 3 is 2.38 bits per heavy atom. The number of hydrogen-bond acceptors (Lipinski definition) is 6. The second-order valence-corrected chi connectivity index (χ2v) is 4.75. The normalized spacial score (nSPS) is 12.0. The lowest BCUT2D eigenvalue weighted by Crippen LogP contribution is -2.40. The van der Waals surface area contributed by atoms with Gasteiger partial charge in [-0.05, 0) is 19.1 Å². The number of aliphatic hydroxyl groups excluding tert-OH is 2. The number of carbonyl (C=O) groups excluding carboxylic acids is 1. The Balaban J connectivity index is 2.60. The minimum atomic E-state index is -1.53. The van der Waals surface area contributed by atoms with Crippen LogP contribution in [-0.2, 0) is 9.53 Å². The van der Waals surface area contributed by atoms with Crippen molar-refractivity contribution in [3.8, 4) is 0 Å². The van der Waals surface area contributed by atoms with E-state index in [-0.39, 0.29) is 25.3 Å². The molecular weight excluding hydrogens is 274 g/mol. The average molecular weight is 295 g/mol. The lowest BCUT2D eigenvalue weighted by Gasteiger charge is -2.27. The number of rotatable bonds is 8. The van der Waals surface area contributed by atoms with Crippen LogP contribution in [-0.4, -0.2) is 53.4 Å². The SMILES string of the molecule is C=C(C)C(=O)OCC(O)CN(CC(O)O)c1ccccc1. The second kappa shape index (κ2) is 8.41. The van der Waals surface area contributed by atoms with Crippen LogP contribution in [0.25, 0.3) is 0 Å². The van der Waals surface area contributed by atoms with Gasteiger partial charge in [0.1, 0.15) is 12.7 Å². The Bertz CT molecular complexity index is 460. The molecule has 0 aliphatic rings. The highest BCUT2D eigenvalue weighted by atomic mass is 16.5. The molecule has 21 heavy (non-hydrogen) atoms. The molecule has 1 atom stereocenters. The van der Waals surface area contributed by atoms with Crippen molar-refractivity contribution >= 4 is 11.7 Å². The van der Waals surface area contributed by atoms with E-state index in [9.17, 15) is 9.90 Å². The number of aliphatic hydroxyl groups is 3. The third kappa shape index (κ3) is 6.40. The summed E-state index contributed by atoms with van der Waals surface area (Å²) in [6.07, 6.45) is -2.48. The zero-order valence-electron chi connectivity index (χ0n) is 12.0. The van der Waals surface area contributed by atoms with Crippen LogP contribution in [0.4, 0.5) is 5.69 Å². The van der Waals surface area contributed by atoms with Gasteiger partial charge in [-0.2, -0.15) is 0 Å². The minimum absolute atomic E-state index is 0.0600. The zero-order valence-corrected chi connectivity index (χ0v) is 12.0. The first-order chi connectivity index (χ1) is 9.90. The van der Waals surface area contributed by atoms with E-state index in [0.29, 0.717) is 0 Å². The Morgan fingerprint density at radius 2 is 1.86 bits per heavy atom. The Morgan fingerprint density at radius 1 is 1.24 bits per heavy atom. The first kappa shape index (κ1) is 17.2. The Kier molecular flexibility index (Phi) is 6.87. The number of esters is 1. The van der Waals surface area contributed by atoms with E-state index < -0.39 is 18.4 Å². The minimum Gasteiger partial charge on any atom is -0.460 e. The molecule has 0 aliphatic carbocycles. The van der Waals surface area contributed by atoms with E-state index >= 15 is 0 Å². The molecule has 116 valence electrons. The van der Waals surface area contributed by atoms with Gasteiger partial charge in [-0.3, -0.25) is 0 Å². The first-order valence-electron chi connectivity index (χ1n) is 6.57. The molecule has 0 bridgehead atoms. The van der Waals surface area contributed by atoms with E-state index in [1.165, 1.54) is 6.92 Å². The first-order valence-corrected chi connectivity index (χ1v) is 6.57. The number of para-hydroxylation sites is 1. The van der Waals surface area contributed by atoms with Gasteiger partial charge >= 0.3 is 5.97 Å². The second-order valence-electron chi connectivity index (χ2n) is 4.75. The van der Waals surface area contributed by atoms with Crippen molar-refractivity contribution in [2.45, 2.75) is 19.3 Å². The predicted octanol–water partition coefficient (Wildman–Crippen LogP) is 0.284. The molecule has 0 heterocycles. The van der Waals surface area contributed by atoms with Gasteiger partial charge in [-0.15, -0.1) is 0 Å².